The summed E-state index contributed by atoms with van der Waals surface area (Å²) >= 11 is 0. The van der Waals surface area contributed by atoms with Crippen LogP contribution in [-0.2, 0) is 0 Å². The van der Waals surface area contributed by atoms with Gasteiger partial charge in [-0.1, -0.05) is 40.5 Å². The Morgan fingerprint density at radius 2 is 1.71 bits per heavy atom. The summed E-state index contributed by atoms with van der Waals surface area (Å²) in [6.45, 7) is 11.4. The lowest BCUT2D eigenvalue weighted by molar-refractivity contribution is 0.132. The molecule has 1 fully saturated rings. The molecule has 1 aliphatic rings. The number of nitrogens with zero attached hydrogens (tertiary/aromatic N) is 1. The molecule has 1 rings (SSSR count). The first-order valence-corrected chi connectivity index (χ1v) is 7.53. The van der Waals surface area contributed by atoms with E-state index in [1.54, 1.807) is 0 Å². The zero-order chi connectivity index (χ0) is 12.9. The molecule has 2 heteroatoms. The summed E-state index contributed by atoms with van der Waals surface area (Å²) in [4.78, 5) is 2.69. The highest BCUT2D eigenvalue weighted by molar-refractivity contribution is 4.89. The first-order valence-electron chi connectivity index (χ1n) is 7.53. The first-order chi connectivity index (χ1) is 8.00. The molecule has 2 N–H and O–H groups in total. The van der Waals surface area contributed by atoms with E-state index in [1.807, 2.05) is 0 Å². The zero-order valence-corrected chi connectivity index (χ0v) is 12.3. The molecule has 0 amide bonds. The number of hydrogen-bond acceptors (Lipinski definition) is 2. The van der Waals surface area contributed by atoms with Crippen LogP contribution in [0, 0.1) is 5.92 Å². The van der Waals surface area contributed by atoms with Gasteiger partial charge >= 0.3 is 0 Å². The van der Waals surface area contributed by atoms with Gasteiger partial charge < -0.3 is 5.73 Å². The fourth-order valence-electron chi connectivity index (χ4n) is 2.96. The Kier molecular flexibility index (Phi) is 5.94. The van der Waals surface area contributed by atoms with Crippen LogP contribution in [0.5, 0.6) is 0 Å². The third-order valence-electron chi connectivity index (χ3n) is 4.37. The smallest absolute Gasteiger partial charge is 0.0278 e. The van der Waals surface area contributed by atoms with E-state index < -0.39 is 0 Å². The average molecular weight is 240 g/mol. The van der Waals surface area contributed by atoms with Crippen molar-refractivity contribution in [2.24, 2.45) is 11.7 Å². The normalized spacial score (nSPS) is 18.5. The Balaban J connectivity index is 2.61. The van der Waals surface area contributed by atoms with Crippen molar-refractivity contribution in [2.75, 3.05) is 13.1 Å². The molecular formula is C15H32N2. The molecular weight excluding hydrogens is 208 g/mol. The average Bonchev–Trinajstić information content (AvgIpc) is 2.81. The molecule has 2 nitrogen and oxygen atoms in total. The Labute approximate surface area is 108 Å². The van der Waals surface area contributed by atoms with E-state index in [-0.39, 0.29) is 5.54 Å². The van der Waals surface area contributed by atoms with Crippen molar-refractivity contribution in [2.45, 2.75) is 77.8 Å². The molecule has 0 heterocycles. The Bertz CT molecular complexity index is 203. The largest absolute Gasteiger partial charge is 0.324 e. The lowest BCUT2D eigenvalue weighted by atomic mass is 9.92. The molecule has 0 radical (unpaired) electrons. The van der Waals surface area contributed by atoms with Crippen molar-refractivity contribution in [3.63, 3.8) is 0 Å². The maximum atomic E-state index is 6.50. The van der Waals surface area contributed by atoms with Crippen LogP contribution in [0.2, 0.25) is 0 Å². The van der Waals surface area contributed by atoms with E-state index in [4.69, 9.17) is 5.73 Å². The van der Waals surface area contributed by atoms with Gasteiger partial charge in [0.15, 0.2) is 0 Å². The standard InChI is InChI=1S/C15H32N2/c1-5-15(16,6-2)12-17(11-13(3)4)14-9-7-8-10-14/h13-14H,5-12,16H2,1-4H3. The van der Waals surface area contributed by atoms with Crippen molar-refractivity contribution < 1.29 is 0 Å². The highest BCUT2D eigenvalue weighted by Gasteiger charge is 2.29. The minimum Gasteiger partial charge on any atom is -0.324 e. The Hall–Kier alpha value is -0.0800. The van der Waals surface area contributed by atoms with Crippen LogP contribution in [-0.4, -0.2) is 29.6 Å². The minimum absolute atomic E-state index is 0.0253. The fourth-order valence-corrected chi connectivity index (χ4v) is 2.96. The molecule has 0 atom stereocenters. The van der Waals surface area contributed by atoms with Gasteiger partial charge in [0.25, 0.3) is 0 Å². The van der Waals surface area contributed by atoms with Crippen LogP contribution in [0.1, 0.15) is 66.2 Å². The van der Waals surface area contributed by atoms with Crippen molar-refractivity contribution >= 4 is 0 Å². The lowest BCUT2D eigenvalue weighted by Gasteiger charge is -2.38. The summed E-state index contributed by atoms with van der Waals surface area (Å²) in [6.07, 6.45) is 7.77. The predicted octanol–water partition coefficient (Wildman–Crippen LogP) is 3.40. The monoisotopic (exact) mass is 240 g/mol. The van der Waals surface area contributed by atoms with Crippen molar-refractivity contribution in [1.29, 1.82) is 0 Å². The molecule has 17 heavy (non-hydrogen) atoms. The summed E-state index contributed by atoms with van der Waals surface area (Å²) in [5, 5.41) is 0. The Morgan fingerprint density at radius 1 is 1.18 bits per heavy atom. The van der Waals surface area contributed by atoms with Gasteiger partial charge in [-0.25, -0.2) is 0 Å². The molecule has 0 aromatic heterocycles. The summed E-state index contributed by atoms with van der Waals surface area (Å²) in [5.74, 6) is 0.744. The molecule has 0 saturated heterocycles. The van der Waals surface area contributed by atoms with Crippen molar-refractivity contribution in [1.82, 2.24) is 4.90 Å². The SMILES string of the molecule is CCC(N)(CC)CN(CC(C)C)C1CCCC1. The molecule has 0 unspecified atom stereocenters. The summed E-state index contributed by atoms with van der Waals surface area (Å²) in [5.41, 5.74) is 6.52. The maximum absolute atomic E-state index is 6.50. The minimum atomic E-state index is 0.0253. The van der Waals surface area contributed by atoms with Gasteiger partial charge in [0.05, 0.1) is 0 Å². The summed E-state index contributed by atoms with van der Waals surface area (Å²) in [7, 11) is 0. The van der Waals surface area contributed by atoms with E-state index >= 15 is 0 Å². The van der Waals surface area contributed by atoms with E-state index in [0.29, 0.717) is 0 Å². The molecule has 102 valence electrons. The quantitative estimate of drug-likeness (QED) is 0.739. The van der Waals surface area contributed by atoms with Crippen molar-refractivity contribution in [3.8, 4) is 0 Å². The highest BCUT2D eigenvalue weighted by atomic mass is 15.2. The van der Waals surface area contributed by atoms with Gasteiger partial charge in [-0.2, -0.15) is 0 Å². The Morgan fingerprint density at radius 3 is 2.12 bits per heavy atom. The van der Waals surface area contributed by atoms with Gasteiger partial charge in [0, 0.05) is 24.7 Å². The number of hydrogen-bond donors (Lipinski definition) is 1. The molecule has 1 saturated carbocycles. The van der Waals surface area contributed by atoms with Crippen LogP contribution < -0.4 is 5.73 Å². The van der Waals surface area contributed by atoms with Crippen LogP contribution in [0.25, 0.3) is 0 Å². The molecule has 0 aromatic carbocycles. The first kappa shape index (κ1) is 15.0. The summed E-state index contributed by atoms with van der Waals surface area (Å²) < 4.78 is 0. The van der Waals surface area contributed by atoms with Gasteiger partial charge in [-0.3, -0.25) is 4.90 Å². The molecule has 0 spiro atoms. The summed E-state index contributed by atoms with van der Waals surface area (Å²) in [6, 6.07) is 0.804. The van der Waals surface area contributed by atoms with E-state index in [1.165, 1.54) is 32.2 Å². The maximum Gasteiger partial charge on any atom is 0.0278 e. The highest BCUT2D eigenvalue weighted by Crippen LogP contribution is 2.26. The lowest BCUT2D eigenvalue weighted by Crippen LogP contribution is -2.52. The second-order valence-corrected chi connectivity index (χ2v) is 6.33. The fraction of sp³-hybridized carbons (Fsp3) is 1.00. The van der Waals surface area contributed by atoms with Crippen LogP contribution in [0.4, 0.5) is 0 Å². The molecule has 0 aliphatic heterocycles. The molecule has 0 aromatic rings. The predicted molar refractivity (Wildman–Crippen MR) is 76.2 cm³/mol. The third kappa shape index (κ3) is 4.59. The van der Waals surface area contributed by atoms with Gasteiger partial charge in [0.1, 0.15) is 0 Å². The molecule has 0 bridgehead atoms. The van der Waals surface area contributed by atoms with Gasteiger partial charge in [-0.15, -0.1) is 0 Å². The topological polar surface area (TPSA) is 29.3 Å². The van der Waals surface area contributed by atoms with Gasteiger partial charge in [-0.05, 0) is 31.6 Å². The van der Waals surface area contributed by atoms with Crippen molar-refractivity contribution in [3.05, 3.63) is 0 Å². The molecule has 1 aliphatic carbocycles. The number of nitrogens with two attached hydrogens (primary N) is 1. The van der Waals surface area contributed by atoms with E-state index in [2.05, 4.69) is 32.6 Å². The third-order valence-corrected chi connectivity index (χ3v) is 4.37. The number of rotatable bonds is 7. The van der Waals surface area contributed by atoms with E-state index in [0.717, 1.165) is 31.3 Å². The van der Waals surface area contributed by atoms with E-state index in [9.17, 15) is 0 Å². The van der Waals surface area contributed by atoms with Crippen LogP contribution in [0.3, 0.4) is 0 Å². The second-order valence-electron chi connectivity index (χ2n) is 6.33. The van der Waals surface area contributed by atoms with Crippen LogP contribution in [0.15, 0.2) is 0 Å². The zero-order valence-electron chi connectivity index (χ0n) is 12.3. The second kappa shape index (κ2) is 6.75. The van der Waals surface area contributed by atoms with Crippen LogP contribution >= 0.6 is 0 Å². The van der Waals surface area contributed by atoms with Gasteiger partial charge in [0.2, 0.25) is 0 Å².